The van der Waals surface area contributed by atoms with Gasteiger partial charge in [-0.3, -0.25) is 14.4 Å². The number of anilines is 1. The molecule has 1 fully saturated rings. The van der Waals surface area contributed by atoms with Gasteiger partial charge in [0.1, 0.15) is 0 Å². The molecule has 0 radical (unpaired) electrons. The van der Waals surface area contributed by atoms with Crippen molar-refractivity contribution in [2.75, 3.05) is 18.0 Å². The Hall–Kier alpha value is -2.37. The lowest BCUT2D eigenvalue weighted by Crippen LogP contribution is -2.31. The molecule has 0 spiro atoms. The van der Waals surface area contributed by atoms with E-state index in [0.717, 1.165) is 6.42 Å². The lowest BCUT2D eigenvalue weighted by atomic mass is 10.1. The van der Waals surface area contributed by atoms with Crippen LogP contribution in [0.4, 0.5) is 5.69 Å². The highest BCUT2D eigenvalue weighted by molar-refractivity contribution is 5.99. The number of aliphatic carboxylic acids is 1. The van der Waals surface area contributed by atoms with E-state index < -0.39 is 11.9 Å². The number of nitrogens with zero attached hydrogens (tertiary/aromatic N) is 1. The molecule has 1 atom stereocenters. The standard InChI is InChI=1S/C15H18N2O4/c1-10(15(20)21)9-16-14(19)11-4-2-5-12(8-11)17-7-3-6-13(17)18/h2,4-5,8,10H,3,6-7,9H2,1H3,(H,16,19)(H,20,21). The molecule has 1 aliphatic rings. The summed E-state index contributed by atoms with van der Waals surface area (Å²) in [5.74, 6) is -1.87. The van der Waals surface area contributed by atoms with E-state index in [0.29, 0.717) is 24.2 Å². The first-order chi connectivity index (χ1) is 9.99. The van der Waals surface area contributed by atoms with Crippen LogP contribution < -0.4 is 10.2 Å². The number of rotatable bonds is 5. The van der Waals surface area contributed by atoms with Gasteiger partial charge in [0, 0.05) is 30.8 Å². The van der Waals surface area contributed by atoms with Crippen LogP contribution in [0.5, 0.6) is 0 Å². The van der Waals surface area contributed by atoms with Gasteiger partial charge in [0.15, 0.2) is 0 Å². The molecule has 112 valence electrons. The molecule has 6 heteroatoms. The summed E-state index contributed by atoms with van der Waals surface area (Å²) in [5, 5.41) is 11.4. The molecule has 1 aromatic carbocycles. The minimum absolute atomic E-state index is 0.0621. The van der Waals surface area contributed by atoms with Crippen LogP contribution in [0.15, 0.2) is 24.3 Å². The summed E-state index contributed by atoms with van der Waals surface area (Å²) in [5.41, 5.74) is 1.13. The minimum atomic E-state index is -0.952. The summed E-state index contributed by atoms with van der Waals surface area (Å²) < 4.78 is 0. The van der Waals surface area contributed by atoms with Crippen molar-refractivity contribution in [2.45, 2.75) is 19.8 Å². The second-order valence-electron chi connectivity index (χ2n) is 5.15. The summed E-state index contributed by atoms with van der Waals surface area (Å²) in [6.45, 7) is 2.27. The average molecular weight is 290 g/mol. The number of hydrogen-bond donors (Lipinski definition) is 2. The zero-order valence-electron chi connectivity index (χ0n) is 11.8. The fourth-order valence-electron chi connectivity index (χ4n) is 2.17. The first-order valence-electron chi connectivity index (χ1n) is 6.90. The Bertz CT molecular complexity index is 571. The molecule has 6 nitrogen and oxygen atoms in total. The topological polar surface area (TPSA) is 86.7 Å². The Morgan fingerprint density at radius 3 is 2.81 bits per heavy atom. The first-order valence-corrected chi connectivity index (χ1v) is 6.90. The summed E-state index contributed by atoms with van der Waals surface area (Å²) in [7, 11) is 0. The summed E-state index contributed by atoms with van der Waals surface area (Å²) >= 11 is 0. The van der Waals surface area contributed by atoms with Gasteiger partial charge >= 0.3 is 5.97 Å². The second-order valence-corrected chi connectivity index (χ2v) is 5.15. The van der Waals surface area contributed by atoms with E-state index in [9.17, 15) is 14.4 Å². The Labute approximate surface area is 122 Å². The molecular formula is C15H18N2O4. The lowest BCUT2D eigenvalue weighted by Gasteiger charge is -2.16. The van der Waals surface area contributed by atoms with Crippen LogP contribution in [0, 0.1) is 5.92 Å². The SMILES string of the molecule is CC(CNC(=O)c1cccc(N2CCCC2=O)c1)C(=O)O. The third kappa shape index (κ3) is 3.59. The molecule has 1 unspecified atom stereocenters. The molecule has 0 saturated carbocycles. The van der Waals surface area contributed by atoms with E-state index >= 15 is 0 Å². The number of amides is 2. The van der Waals surface area contributed by atoms with Crippen molar-refractivity contribution in [1.82, 2.24) is 5.32 Å². The number of carbonyl (C=O) groups excluding carboxylic acids is 2. The van der Waals surface area contributed by atoms with Crippen LogP contribution in [0.25, 0.3) is 0 Å². The van der Waals surface area contributed by atoms with Gasteiger partial charge in [0.2, 0.25) is 5.91 Å². The molecular weight excluding hydrogens is 272 g/mol. The van der Waals surface area contributed by atoms with E-state index in [1.807, 2.05) is 0 Å². The highest BCUT2D eigenvalue weighted by Crippen LogP contribution is 2.22. The quantitative estimate of drug-likeness (QED) is 0.855. The maximum Gasteiger partial charge on any atom is 0.308 e. The average Bonchev–Trinajstić information content (AvgIpc) is 2.90. The monoisotopic (exact) mass is 290 g/mol. The predicted octanol–water partition coefficient (Wildman–Crippen LogP) is 1.26. The third-order valence-electron chi connectivity index (χ3n) is 3.48. The van der Waals surface area contributed by atoms with Gasteiger partial charge in [-0.1, -0.05) is 13.0 Å². The maximum atomic E-state index is 12.0. The Morgan fingerprint density at radius 1 is 1.43 bits per heavy atom. The molecule has 1 aromatic rings. The first kappa shape index (κ1) is 15.0. The molecule has 2 N–H and O–H groups in total. The molecule has 0 aromatic heterocycles. The summed E-state index contributed by atoms with van der Waals surface area (Å²) in [6.07, 6.45) is 1.36. The fourth-order valence-corrected chi connectivity index (χ4v) is 2.17. The van der Waals surface area contributed by atoms with Crippen LogP contribution in [0.3, 0.4) is 0 Å². The Morgan fingerprint density at radius 2 is 2.19 bits per heavy atom. The van der Waals surface area contributed by atoms with Crippen molar-refractivity contribution in [3.05, 3.63) is 29.8 Å². The fraction of sp³-hybridized carbons (Fsp3) is 0.400. The molecule has 1 aliphatic heterocycles. The van der Waals surface area contributed by atoms with Crippen molar-refractivity contribution in [3.8, 4) is 0 Å². The van der Waals surface area contributed by atoms with Gasteiger partial charge in [0.25, 0.3) is 5.91 Å². The van der Waals surface area contributed by atoms with E-state index in [-0.39, 0.29) is 18.4 Å². The van der Waals surface area contributed by atoms with Crippen LogP contribution >= 0.6 is 0 Å². The largest absolute Gasteiger partial charge is 0.481 e. The smallest absolute Gasteiger partial charge is 0.308 e. The van der Waals surface area contributed by atoms with E-state index in [1.165, 1.54) is 6.92 Å². The van der Waals surface area contributed by atoms with Crippen molar-refractivity contribution < 1.29 is 19.5 Å². The second kappa shape index (κ2) is 6.39. The van der Waals surface area contributed by atoms with Crippen LogP contribution in [-0.4, -0.2) is 36.0 Å². The van der Waals surface area contributed by atoms with E-state index in [4.69, 9.17) is 5.11 Å². The molecule has 0 aliphatic carbocycles. The number of hydrogen-bond acceptors (Lipinski definition) is 3. The van der Waals surface area contributed by atoms with Gasteiger partial charge in [-0.2, -0.15) is 0 Å². The molecule has 0 bridgehead atoms. The van der Waals surface area contributed by atoms with E-state index in [2.05, 4.69) is 5.32 Å². The van der Waals surface area contributed by atoms with Crippen LogP contribution in [0.1, 0.15) is 30.1 Å². The minimum Gasteiger partial charge on any atom is -0.481 e. The number of carboxylic acids is 1. The molecule has 1 heterocycles. The molecule has 1 saturated heterocycles. The van der Waals surface area contributed by atoms with Crippen molar-refractivity contribution in [3.63, 3.8) is 0 Å². The van der Waals surface area contributed by atoms with Gasteiger partial charge in [0.05, 0.1) is 5.92 Å². The summed E-state index contributed by atoms with van der Waals surface area (Å²) in [4.78, 5) is 36.1. The Kier molecular flexibility index (Phi) is 4.57. The van der Waals surface area contributed by atoms with Gasteiger partial charge < -0.3 is 15.3 Å². The lowest BCUT2D eigenvalue weighted by molar-refractivity contribution is -0.140. The zero-order valence-corrected chi connectivity index (χ0v) is 11.8. The van der Waals surface area contributed by atoms with Crippen LogP contribution in [0.2, 0.25) is 0 Å². The van der Waals surface area contributed by atoms with Crippen molar-refractivity contribution in [1.29, 1.82) is 0 Å². The normalized spacial score (nSPS) is 15.9. The number of carbonyl (C=O) groups is 3. The van der Waals surface area contributed by atoms with Gasteiger partial charge in [-0.05, 0) is 24.6 Å². The molecule has 21 heavy (non-hydrogen) atoms. The third-order valence-corrected chi connectivity index (χ3v) is 3.48. The van der Waals surface area contributed by atoms with E-state index in [1.54, 1.807) is 29.2 Å². The summed E-state index contributed by atoms with van der Waals surface area (Å²) in [6, 6.07) is 6.81. The number of nitrogens with one attached hydrogen (secondary N) is 1. The van der Waals surface area contributed by atoms with Gasteiger partial charge in [-0.15, -0.1) is 0 Å². The highest BCUT2D eigenvalue weighted by Gasteiger charge is 2.22. The van der Waals surface area contributed by atoms with Gasteiger partial charge in [-0.25, -0.2) is 0 Å². The molecule has 2 rings (SSSR count). The zero-order chi connectivity index (χ0) is 15.4. The maximum absolute atomic E-state index is 12.0. The van der Waals surface area contributed by atoms with Crippen molar-refractivity contribution >= 4 is 23.5 Å². The number of carboxylic acid groups (broad SMARTS) is 1. The number of benzene rings is 1. The molecule has 2 amide bonds. The van der Waals surface area contributed by atoms with Crippen LogP contribution in [-0.2, 0) is 9.59 Å². The highest BCUT2D eigenvalue weighted by atomic mass is 16.4. The van der Waals surface area contributed by atoms with Crippen molar-refractivity contribution in [2.24, 2.45) is 5.92 Å². The predicted molar refractivity (Wildman–Crippen MR) is 77.2 cm³/mol. The Balaban J connectivity index is 2.05.